The molecule has 1 fully saturated rings. The predicted molar refractivity (Wildman–Crippen MR) is 75.0 cm³/mol. The molecule has 0 amide bonds. The first-order valence-corrected chi connectivity index (χ1v) is 7.95. The summed E-state index contributed by atoms with van der Waals surface area (Å²) in [6, 6.07) is 10.3. The molecule has 0 radical (unpaired) electrons. The molecule has 0 unspecified atom stereocenters. The minimum atomic E-state index is -3.24. The summed E-state index contributed by atoms with van der Waals surface area (Å²) in [5, 5.41) is 0. The fraction of sp³-hybridized carbons (Fsp3) is 0.538. The van der Waals surface area contributed by atoms with Crippen LogP contribution in [0.3, 0.4) is 0 Å². The van der Waals surface area contributed by atoms with Gasteiger partial charge in [-0.3, -0.25) is 0 Å². The molecule has 1 aromatic carbocycles. The number of nitrogens with one attached hydrogen (secondary N) is 1. The number of piperazine rings is 1. The molecule has 1 aliphatic heterocycles. The van der Waals surface area contributed by atoms with Crippen molar-refractivity contribution >= 4 is 10.2 Å². The second kappa shape index (κ2) is 6.00. The Balaban J connectivity index is 1.90. The molecule has 2 rings (SSSR count). The van der Waals surface area contributed by atoms with Crippen LogP contribution in [0.5, 0.6) is 0 Å². The van der Waals surface area contributed by atoms with Gasteiger partial charge < -0.3 is 4.90 Å². The van der Waals surface area contributed by atoms with E-state index in [2.05, 4.69) is 12.1 Å². The lowest BCUT2D eigenvalue weighted by Gasteiger charge is -2.32. The van der Waals surface area contributed by atoms with E-state index in [1.807, 2.05) is 18.2 Å². The van der Waals surface area contributed by atoms with Gasteiger partial charge in [-0.05, 0) is 0 Å². The monoisotopic (exact) mass is 284 g/mol. The van der Waals surface area contributed by atoms with Crippen LogP contribution in [0.2, 0.25) is 0 Å². The summed E-state index contributed by atoms with van der Waals surface area (Å²) >= 11 is 0. The molecule has 6 heteroatoms. The van der Waals surface area contributed by atoms with Gasteiger partial charge in [-0.25, -0.2) is 0 Å². The number of hydrogen-bond acceptors (Lipinski definition) is 2. The highest BCUT2D eigenvalue weighted by atomic mass is 32.2. The topological polar surface area (TPSA) is 45.1 Å². The van der Waals surface area contributed by atoms with Crippen LogP contribution in [-0.4, -0.2) is 57.3 Å². The third kappa shape index (κ3) is 3.54. The summed E-state index contributed by atoms with van der Waals surface area (Å²) < 4.78 is 26.8. The second-order valence-corrected chi connectivity index (χ2v) is 7.24. The van der Waals surface area contributed by atoms with Crippen LogP contribution in [0.15, 0.2) is 30.3 Å². The molecule has 0 atom stereocenters. The minimum absolute atomic E-state index is 0.600. The number of rotatable bonds is 4. The summed E-state index contributed by atoms with van der Waals surface area (Å²) in [4.78, 5) is 1.44. The van der Waals surface area contributed by atoms with E-state index in [0.29, 0.717) is 13.1 Å². The largest absolute Gasteiger partial charge is 0.329 e. The van der Waals surface area contributed by atoms with Gasteiger partial charge in [0.2, 0.25) is 0 Å². The van der Waals surface area contributed by atoms with Crippen molar-refractivity contribution in [2.75, 3.05) is 40.3 Å². The van der Waals surface area contributed by atoms with E-state index < -0.39 is 10.2 Å². The van der Waals surface area contributed by atoms with Gasteiger partial charge in [0, 0.05) is 19.7 Å². The van der Waals surface area contributed by atoms with Crippen LogP contribution in [0.1, 0.15) is 5.56 Å². The zero-order valence-electron chi connectivity index (χ0n) is 11.5. The van der Waals surface area contributed by atoms with E-state index >= 15 is 0 Å². The molecule has 0 bridgehead atoms. The van der Waals surface area contributed by atoms with Crippen molar-refractivity contribution in [1.29, 1.82) is 0 Å². The lowest BCUT2D eigenvalue weighted by molar-refractivity contribution is -0.917. The normalized spacial score (nSPS) is 18.9. The zero-order chi connectivity index (χ0) is 13.9. The highest BCUT2D eigenvalue weighted by molar-refractivity contribution is 7.86. The molecule has 1 saturated heterocycles. The second-order valence-electron chi connectivity index (χ2n) is 5.10. The van der Waals surface area contributed by atoms with Gasteiger partial charge in [-0.15, -0.1) is 0 Å². The molecule has 0 saturated carbocycles. The van der Waals surface area contributed by atoms with E-state index in [0.717, 1.165) is 19.6 Å². The SMILES string of the molecule is CN(C)S(=O)(=O)N1CC[NH+](Cc2ccccc2)CC1. The van der Waals surface area contributed by atoms with Crippen molar-refractivity contribution in [2.24, 2.45) is 0 Å². The number of nitrogens with zero attached hydrogens (tertiary/aromatic N) is 2. The van der Waals surface area contributed by atoms with Gasteiger partial charge in [0.25, 0.3) is 10.2 Å². The van der Waals surface area contributed by atoms with Crippen LogP contribution in [-0.2, 0) is 16.8 Å². The van der Waals surface area contributed by atoms with Crippen LogP contribution in [0, 0.1) is 0 Å². The lowest BCUT2D eigenvalue weighted by Crippen LogP contribution is -3.13. The highest BCUT2D eigenvalue weighted by Crippen LogP contribution is 2.04. The summed E-state index contributed by atoms with van der Waals surface area (Å²) in [7, 11) is -0.0791. The molecule has 1 aromatic rings. The average Bonchev–Trinajstić information content (AvgIpc) is 2.40. The fourth-order valence-electron chi connectivity index (χ4n) is 2.33. The quantitative estimate of drug-likeness (QED) is 0.786. The Hall–Kier alpha value is -0.950. The molecule has 1 heterocycles. The van der Waals surface area contributed by atoms with Gasteiger partial charge in [-0.2, -0.15) is 17.0 Å². The van der Waals surface area contributed by atoms with Crippen LogP contribution >= 0.6 is 0 Å². The molecule has 1 N–H and O–H groups in total. The summed E-state index contributed by atoms with van der Waals surface area (Å²) in [6.45, 7) is 3.89. The van der Waals surface area contributed by atoms with Crippen molar-refractivity contribution in [3.63, 3.8) is 0 Å². The van der Waals surface area contributed by atoms with Crippen LogP contribution < -0.4 is 4.90 Å². The average molecular weight is 284 g/mol. The molecule has 0 aliphatic carbocycles. The smallest absolute Gasteiger partial charge is 0.281 e. The standard InChI is InChI=1S/C13H21N3O2S/c1-14(2)19(17,18)16-10-8-15(9-11-16)12-13-6-4-3-5-7-13/h3-7H,8-12H2,1-2H3/p+1. The zero-order valence-corrected chi connectivity index (χ0v) is 12.4. The Morgan fingerprint density at radius 3 is 2.26 bits per heavy atom. The van der Waals surface area contributed by atoms with Crippen molar-refractivity contribution in [3.8, 4) is 0 Å². The summed E-state index contributed by atoms with van der Waals surface area (Å²) in [6.07, 6.45) is 0. The van der Waals surface area contributed by atoms with Crippen molar-refractivity contribution in [1.82, 2.24) is 8.61 Å². The van der Waals surface area contributed by atoms with Gasteiger partial charge in [-0.1, -0.05) is 30.3 Å². The summed E-state index contributed by atoms with van der Waals surface area (Å²) in [5.41, 5.74) is 1.31. The molecule has 0 spiro atoms. The Bertz CT molecular complexity index is 494. The van der Waals surface area contributed by atoms with E-state index in [1.54, 1.807) is 18.4 Å². The fourth-order valence-corrected chi connectivity index (χ4v) is 3.43. The molecule has 5 nitrogen and oxygen atoms in total. The maximum absolute atomic E-state index is 12.0. The molecular formula is C13H22N3O2S+. The highest BCUT2D eigenvalue weighted by Gasteiger charge is 2.30. The van der Waals surface area contributed by atoms with E-state index in [1.165, 1.54) is 14.8 Å². The Morgan fingerprint density at radius 2 is 1.74 bits per heavy atom. The lowest BCUT2D eigenvalue weighted by atomic mass is 10.2. The van der Waals surface area contributed by atoms with Gasteiger partial charge >= 0.3 is 0 Å². The molecule has 106 valence electrons. The number of benzene rings is 1. The van der Waals surface area contributed by atoms with Gasteiger partial charge in [0.05, 0.1) is 26.2 Å². The Kier molecular flexibility index (Phi) is 4.57. The minimum Gasteiger partial charge on any atom is -0.329 e. The van der Waals surface area contributed by atoms with Crippen molar-refractivity contribution in [2.45, 2.75) is 6.54 Å². The molecular weight excluding hydrogens is 262 g/mol. The van der Waals surface area contributed by atoms with Crippen LogP contribution in [0.4, 0.5) is 0 Å². The van der Waals surface area contributed by atoms with E-state index in [4.69, 9.17) is 0 Å². The third-order valence-corrected chi connectivity index (χ3v) is 5.45. The number of quaternary nitrogens is 1. The van der Waals surface area contributed by atoms with Gasteiger partial charge in [0.15, 0.2) is 0 Å². The predicted octanol–water partition coefficient (Wildman–Crippen LogP) is -0.806. The summed E-state index contributed by atoms with van der Waals surface area (Å²) in [5.74, 6) is 0. The maximum Gasteiger partial charge on any atom is 0.281 e. The van der Waals surface area contributed by atoms with E-state index in [9.17, 15) is 8.42 Å². The first kappa shape index (κ1) is 14.5. The maximum atomic E-state index is 12.0. The molecule has 0 aromatic heterocycles. The van der Waals surface area contributed by atoms with Crippen molar-refractivity contribution in [3.05, 3.63) is 35.9 Å². The third-order valence-electron chi connectivity index (χ3n) is 3.51. The molecule has 1 aliphatic rings. The molecule has 19 heavy (non-hydrogen) atoms. The van der Waals surface area contributed by atoms with E-state index in [-0.39, 0.29) is 0 Å². The van der Waals surface area contributed by atoms with Crippen LogP contribution in [0.25, 0.3) is 0 Å². The number of hydrogen-bond donors (Lipinski definition) is 1. The first-order chi connectivity index (χ1) is 9.00. The van der Waals surface area contributed by atoms with Gasteiger partial charge in [0.1, 0.15) is 6.54 Å². The Morgan fingerprint density at radius 1 is 1.16 bits per heavy atom. The first-order valence-electron chi connectivity index (χ1n) is 6.55. The Labute approximate surface area is 115 Å². The van der Waals surface area contributed by atoms with Crippen molar-refractivity contribution < 1.29 is 13.3 Å².